The molecule has 0 radical (unpaired) electrons. The van der Waals surface area contributed by atoms with Crippen molar-refractivity contribution in [2.75, 3.05) is 13.2 Å². The van der Waals surface area contributed by atoms with Gasteiger partial charge in [-0.1, -0.05) is 268 Å². The van der Waals surface area contributed by atoms with E-state index >= 15 is 0 Å². The summed E-state index contributed by atoms with van der Waals surface area (Å²) < 4.78 is 17.6. The number of rotatable bonds is 57. The lowest BCUT2D eigenvalue weighted by Crippen LogP contribution is -2.61. The molecule has 0 aromatic heterocycles. The minimum Gasteiger partial charge on any atom is -0.454 e. The third-order valence-electron chi connectivity index (χ3n) is 15.6. The van der Waals surface area contributed by atoms with Crippen molar-refractivity contribution in [2.24, 2.45) is 0 Å². The molecule has 1 aliphatic rings. The van der Waals surface area contributed by atoms with Gasteiger partial charge >= 0.3 is 5.97 Å². The monoisotopic (exact) mass is 1130 g/mol. The first kappa shape index (κ1) is 75.4. The van der Waals surface area contributed by atoms with E-state index in [0.29, 0.717) is 12.8 Å². The second kappa shape index (κ2) is 56.8. The maximum Gasteiger partial charge on any atom is 0.306 e. The average molecular weight is 1130 g/mol. The topological polar surface area (TPSA) is 175 Å². The predicted molar refractivity (Wildman–Crippen MR) is 333 cm³/mol. The Labute approximate surface area is 490 Å². The first-order chi connectivity index (χ1) is 39.2. The number of carbonyl (C=O) groups excluding carboxylic acids is 2. The van der Waals surface area contributed by atoms with Crippen molar-refractivity contribution >= 4 is 11.9 Å². The maximum absolute atomic E-state index is 13.5. The summed E-state index contributed by atoms with van der Waals surface area (Å²) in [6.45, 7) is 5.76. The molecule has 1 rings (SSSR count). The second-order valence-electron chi connectivity index (χ2n) is 23.2. The zero-order chi connectivity index (χ0) is 58.2. The van der Waals surface area contributed by atoms with Gasteiger partial charge in [0, 0.05) is 6.42 Å². The Balaban J connectivity index is 2.56. The fourth-order valence-electron chi connectivity index (χ4n) is 10.3. The molecular weight excluding hydrogens is 1000 g/mol. The minimum absolute atomic E-state index is 0.104. The van der Waals surface area contributed by atoms with Crippen LogP contribution in [-0.4, -0.2) is 99.6 Å². The standard InChI is InChI=1S/C69H125NO10/c1-4-7-10-13-16-19-22-24-26-27-28-29-30-31-32-33-34-35-36-37-38-41-44-47-50-53-56-62(73)68(77)70-60(61(72)55-52-49-46-43-40-21-18-15-12-9-6-3)59-78-69-67(66(76)65(75)63(58-71)79-69)80-64(74)57-54-51-48-45-42-39-25-23-20-17-14-11-8-5-2/h16,19,24,26,28-29,39,42,52,55,60-63,65-67,69,71-73,75-76H,4-15,17-18,20-23,25,27,30-38,40-41,43-51,53-54,56-59H2,1-3H3,(H,70,77)/b19-16-,26-24-,29-28-,42-39-,55-52+. The van der Waals surface area contributed by atoms with Gasteiger partial charge in [0.25, 0.3) is 0 Å². The molecule has 466 valence electrons. The molecule has 1 amide bonds. The molecule has 80 heavy (non-hydrogen) atoms. The van der Waals surface area contributed by atoms with E-state index in [1.807, 2.05) is 6.08 Å². The quantitative estimate of drug-likeness (QED) is 0.0195. The molecule has 1 heterocycles. The van der Waals surface area contributed by atoms with Gasteiger partial charge in [0.1, 0.15) is 24.4 Å². The summed E-state index contributed by atoms with van der Waals surface area (Å²) in [5, 5.41) is 57.0. The Kier molecular flexibility index (Phi) is 53.5. The Morgan fingerprint density at radius 3 is 1.32 bits per heavy atom. The van der Waals surface area contributed by atoms with Crippen molar-refractivity contribution in [1.29, 1.82) is 0 Å². The summed E-state index contributed by atoms with van der Waals surface area (Å²) in [6.07, 6.45) is 61.3. The highest BCUT2D eigenvalue weighted by Crippen LogP contribution is 2.26. The van der Waals surface area contributed by atoms with Gasteiger partial charge in [0.15, 0.2) is 12.4 Å². The second-order valence-corrected chi connectivity index (χ2v) is 23.2. The molecule has 11 nitrogen and oxygen atoms in total. The third kappa shape index (κ3) is 44.0. The van der Waals surface area contributed by atoms with Gasteiger partial charge in [-0.2, -0.15) is 0 Å². The zero-order valence-electron chi connectivity index (χ0n) is 51.7. The van der Waals surface area contributed by atoms with E-state index in [1.165, 1.54) is 180 Å². The van der Waals surface area contributed by atoms with Crippen molar-refractivity contribution < 1.29 is 49.3 Å². The summed E-state index contributed by atoms with van der Waals surface area (Å²) in [5.74, 6) is -1.21. The average Bonchev–Trinajstić information content (AvgIpc) is 3.46. The number of allylic oxidation sites excluding steroid dienone is 9. The summed E-state index contributed by atoms with van der Waals surface area (Å²) in [5.41, 5.74) is 0. The number of unbranched alkanes of at least 4 members (excludes halogenated alkanes) is 35. The van der Waals surface area contributed by atoms with E-state index in [2.05, 4.69) is 74.7 Å². The largest absolute Gasteiger partial charge is 0.454 e. The van der Waals surface area contributed by atoms with Crippen LogP contribution in [0.15, 0.2) is 60.8 Å². The van der Waals surface area contributed by atoms with Crippen LogP contribution < -0.4 is 5.32 Å². The molecule has 1 fully saturated rings. The number of hydrogen-bond acceptors (Lipinski definition) is 10. The van der Waals surface area contributed by atoms with Crippen LogP contribution in [0, 0.1) is 0 Å². The van der Waals surface area contributed by atoms with Gasteiger partial charge in [-0.25, -0.2) is 0 Å². The molecule has 11 heteroatoms. The van der Waals surface area contributed by atoms with Crippen LogP contribution >= 0.6 is 0 Å². The number of aliphatic hydroxyl groups is 5. The summed E-state index contributed by atoms with van der Waals surface area (Å²) in [6, 6.07) is -1.03. The third-order valence-corrected chi connectivity index (χ3v) is 15.6. The molecule has 0 bridgehead atoms. The summed E-state index contributed by atoms with van der Waals surface area (Å²) in [7, 11) is 0. The highest BCUT2D eigenvalue weighted by molar-refractivity contribution is 5.80. The number of aliphatic hydroxyl groups excluding tert-OH is 5. The van der Waals surface area contributed by atoms with Crippen LogP contribution in [0.4, 0.5) is 0 Å². The van der Waals surface area contributed by atoms with Crippen LogP contribution in [0.2, 0.25) is 0 Å². The van der Waals surface area contributed by atoms with E-state index in [4.69, 9.17) is 14.2 Å². The van der Waals surface area contributed by atoms with Crippen LogP contribution in [-0.2, 0) is 23.8 Å². The fraction of sp³-hybridized carbons (Fsp3) is 0.826. The minimum atomic E-state index is -1.62. The predicted octanol–water partition coefficient (Wildman–Crippen LogP) is 16.6. The van der Waals surface area contributed by atoms with Crippen LogP contribution in [0.25, 0.3) is 0 Å². The number of ether oxygens (including phenoxy) is 3. The van der Waals surface area contributed by atoms with E-state index in [0.717, 1.165) is 77.0 Å². The maximum atomic E-state index is 13.5. The van der Waals surface area contributed by atoms with Crippen LogP contribution in [0.1, 0.15) is 303 Å². The van der Waals surface area contributed by atoms with Crippen molar-refractivity contribution in [3.8, 4) is 0 Å². The van der Waals surface area contributed by atoms with Gasteiger partial charge in [-0.3, -0.25) is 9.59 Å². The molecule has 0 aromatic carbocycles. The molecule has 0 aliphatic carbocycles. The first-order valence-electron chi connectivity index (χ1n) is 33.6. The Hall–Kier alpha value is -2.64. The summed E-state index contributed by atoms with van der Waals surface area (Å²) in [4.78, 5) is 26.6. The lowest BCUT2D eigenvalue weighted by molar-refractivity contribution is -0.305. The Bertz CT molecular complexity index is 1530. The molecule has 6 N–H and O–H groups in total. The molecule has 0 aromatic rings. The molecule has 8 unspecified atom stereocenters. The fourth-order valence-corrected chi connectivity index (χ4v) is 10.3. The van der Waals surface area contributed by atoms with Crippen molar-refractivity contribution in [3.63, 3.8) is 0 Å². The highest BCUT2D eigenvalue weighted by Gasteiger charge is 2.47. The van der Waals surface area contributed by atoms with Gasteiger partial charge in [-0.15, -0.1) is 0 Å². The van der Waals surface area contributed by atoms with Gasteiger partial charge in [0.05, 0.1) is 25.4 Å². The number of carbonyl (C=O) groups is 2. The number of nitrogens with one attached hydrogen (secondary N) is 1. The van der Waals surface area contributed by atoms with Gasteiger partial charge in [-0.05, 0) is 89.9 Å². The number of hydrogen-bond donors (Lipinski definition) is 6. The van der Waals surface area contributed by atoms with E-state index < -0.39 is 67.4 Å². The van der Waals surface area contributed by atoms with Crippen LogP contribution in [0.5, 0.6) is 0 Å². The van der Waals surface area contributed by atoms with Gasteiger partial charge in [0.2, 0.25) is 5.91 Å². The van der Waals surface area contributed by atoms with E-state index in [-0.39, 0.29) is 19.4 Å². The molecular formula is C69H125NO10. The molecule has 0 saturated carbocycles. The van der Waals surface area contributed by atoms with Crippen molar-refractivity contribution in [3.05, 3.63) is 60.8 Å². The Morgan fingerprint density at radius 2 is 0.863 bits per heavy atom. The SMILES string of the molecule is CCCCC/C=C\C/C=C\C/C=C\CCCCCCCCCCCCCCCC(O)C(=O)NC(COC1OC(CO)C(O)C(O)C1OC(=O)CCCCC/C=C\CCCCCCCCC)C(O)/C=C/CCCCCCCCCCC. The van der Waals surface area contributed by atoms with Gasteiger partial charge < -0.3 is 45.1 Å². The van der Waals surface area contributed by atoms with Crippen molar-refractivity contribution in [2.45, 2.75) is 352 Å². The molecule has 0 spiro atoms. The lowest BCUT2D eigenvalue weighted by atomic mass is 9.99. The molecule has 8 atom stereocenters. The highest BCUT2D eigenvalue weighted by atomic mass is 16.7. The van der Waals surface area contributed by atoms with Crippen molar-refractivity contribution in [1.82, 2.24) is 5.32 Å². The number of amides is 1. The smallest absolute Gasteiger partial charge is 0.306 e. The first-order valence-corrected chi connectivity index (χ1v) is 33.6. The lowest BCUT2D eigenvalue weighted by Gasteiger charge is -2.41. The number of esters is 1. The summed E-state index contributed by atoms with van der Waals surface area (Å²) >= 11 is 0. The zero-order valence-corrected chi connectivity index (χ0v) is 51.7. The van der Waals surface area contributed by atoms with Crippen LogP contribution in [0.3, 0.4) is 0 Å². The Morgan fingerprint density at radius 1 is 0.487 bits per heavy atom. The molecule has 1 saturated heterocycles. The normalized spacial score (nSPS) is 19.1. The van der Waals surface area contributed by atoms with E-state index in [1.54, 1.807) is 6.08 Å². The molecule has 1 aliphatic heterocycles. The van der Waals surface area contributed by atoms with E-state index in [9.17, 15) is 35.1 Å².